The molecule has 3 aromatic rings. The fourth-order valence-electron chi connectivity index (χ4n) is 3.20. The Hall–Kier alpha value is -2.51. The first kappa shape index (κ1) is 15.0. The van der Waals surface area contributed by atoms with Crippen molar-refractivity contribution in [2.24, 2.45) is 0 Å². The molecule has 1 aliphatic rings. The highest BCUT2D eigenvalue weighted by molar-refractivity contribution is 5.59. The number of aromatic nitrogens is 4. The molecule has 0 unspecified atom stereocenters. The molecule has 0 amide bonds. The summed E-state index contributed by atoms with van der Waals surface area (Å²) in [6.45, 7) is 0.788. The van der Waals surface area contributed by atoms with Crippen LogP contribution in [0.1, 0.15) is 6.42 Å². The van der Waals surface area contributed by atoms with E-state index in [2.05, 4.69) is 15.1 Å². The van der Waals surface area contributed by atoms with E-state index in [0.29, 0.717) is 18.0 Å². The van der Waals surface area contributed by atoms with Crippen molar-refractivity contribution in [1.82, 2.24) is 19.8 Å². The summed E-state index contributed by atoms with van der Waals surface area (Å²) in [5.74, 6) is 1.49. The molecule has 2 aromatic heterocycles. The van der Waals surface area contributed by atoms with Crippen molar-refractivity contribution in [1.29, 1.82) is 0 Å². The second-order valence-corrected chi connectivity index (χ2v) is 5.93. The van der Waals surface area contributed by atoms with E-state index in [0.717, 1.165) is 17.8 Å². The number of rotatable bonds is 4. The molecule has 124 valence electrons. The van der Waals surface area contributed by atoms with Crippen LogP contribution >= 0.6 is 0 Å². The maximum Gasteiger partial charge on any atom is 0.185 e. The molecule has 7 nitrogen and oxygen atoms in total. The summed E-state index contributed by atoms with van der Waals surface area (Å²) in [4.78, 5) is 2.09. The number of fused-ring (bicyclic) bond motifs is 1. The van der Waals surface area contributed by atoms with Gasteiger partial charge in [-0.1, -0.05) is 30.3 Å². The van der Waals surface area contributed by atoms with Crippen molar-refractivity contribution in [3.63, 3.8) is 0 Å². The zero-order chi connectivity index (χ0) is 16.5. The molecule has 0 saturated carbocycles. The lowest BCUT2D eigenvalue weighted by molar-refractivity contribution is 0.115. The van der Waals surface area contributed by atoms with Crippen molar-refractivity contribution in [2.75, 3.05) is 25.2 Å². The van der Waals surface area contributed by atoms with Crippen LogP contribution in [0.3, 0.4) is 0 Å². The molecule has 0 radical (unpaired) electrons. The highest BCUT2D eigenvalue weighted by Crippen LogP contribution is 2.26. The van der Waals surface area contributed by atoms with E-state index in [9.17, 15) is 5.11 Å². The summed E-state index contributed by atoms with van der Waals surface area (Å²) >= 11 is 0. The van der Waals surface area contributed by atoms with Crippen molar-refractivity contribution in [2.45, 2.75) is 18.6 Å². The number of nitrogens with zero attached hydrogens (tertiary/aromatic N) is 5. The molecule has 3 heterocycles. The summed E-state index contributed by atoms with van der Waals surface area (Å²) in [7, 11) is 1.70. The monoisotopic (exact) mass is 325 g/mol. The van der Waals surface area contributed by atoms with Crippen molar-refractivity contribution >= 4 is 11.5 Å². The van der Waals surface area contributed by atoms with Crippen LogP contribution < -0.4 is 4.90 Å². The number of ether oxygens (including phenoxy) is 1. The van der Waals surface area contributed by atoms with Crippen LogP contribution in [-0.4, -0.2) is 57.3 Å². The standard InChI is InChI=1S/C17H19N5O2/c1-24-14-9-13(11-23)21(10-14)16-8-7-15-18-19-17(22(15)20-16)12-5-3-2-4-6-12/h2-8,13-14,23H,9-11H2,1H3/t13-,14-/m0/s1. The van der Waals surface area contributed by atoms with Crippen molar-refractivity contribution in [3.8, 4) is 11.4 Å². The lowest BCUT2D eigenvalue weighted by Gasteiger charge is -2.23. The molecule has 0 bridgehead atoms. The van der Waals surface area contributed by atoms with Gasteiger partial charge in [-0.2, -0.15) is 4.52 Å². The van der Waals surface area contributed by atoms with Crippen LogP contribution in [0, 0.1) is 0 Å². The van der Waals surface area contributed by atoms with Gasteiger partial charge in [-0.05, 0) is 18.6 Å². The van der Waals surface area contributed by atoms with Crippen LogP contribution in [0.4, 0.5) is 5.82 Å². The summed E-state index contributed by atoms with van der Waals surface area (Å²) in [6, 6.07) is 13.7. The number of aliphatic hydroxyl groups excluding tert-OH is 1. The first-order valence-electron chi connectivity index (χ1n) is 7.98. The van der Waals surface area contributed by atoms with Gasteiger partial charge in [0.1, 0.15) is 5.82 Å². The summed E-state index contributed by atoms with van der Waals surface area (Å²) in [5, 5.41) is 22.8. The SMILES string of the molecule is CO[C@H]1C[C@@H](CO)N(c2ccc3nnc(-c4ccccc4)n3n2)C1. The first-order chi connectivity index (χ1) is 11.8. The molecule has 1 N–H and O–H groups in total. The lowest BCUT2D eigenvalue weighted by atomic mass is 10.2. The van der Waals surface area contributed by atoms with Gasteiger partial charge in [-0.3, -0.25) is 0 Å². The Morgan fingerprint density at radius 3 is 2.75 bits per heavy atom. The molecule has 4 rings (SSSR count). The molecule has 1 saturated heterocycles. The number of methoxy groups -OCH3 is 1. The molecule has 0 spiro atoms. The van der Waals surface area contributed by atoms with E-state index in [1.807, 2.05) is 42.5 Å². The minimum absolute atomic E-state index is 0.0107. The van der Waals surface area contributed by atoms with Crippen LogP contribution in [0.5, 0.6) is 0 Å². The third kappa shape index (κ3) is 2.51. The fraction of sp³-hybridized carbons (Fsp3) is 0.353. The first-order valence-corrected chi connectivity index (χ1v) is 7.98. The van der Waals surface area contributed by atoms with E-state index < -0.39 is 0 Å². The maximum atomic E-state index is 9.66. The highest BCUT2D eigenvalue weighted by atomic mass is 16.5. The van der Waals surface area contributed by atoms with Gasteiger partial charge in [0, 0.05) is 19.2 Å². The second kappa shape index (κ2) is 6.18. The smallest absolute Gasteiger partial charge is 0.185 e. The third-order valence-corrected chi connectivity index (χ3v) is 4.50. The number of benzene rings is 1. The lowest BCUT2D eigenvalue weighted by Crippen LogP contribution is -2.33. The minimum atomic E-state index is 0.0107. The van der Waals surface area contributed by atoms with Crippen molar-refractivity contribution < 1.29 is 9.84 Å². The fourth-order valence-corrected chi connectivity index (χ4v) is 3.20. The Balaban J connectivity index is 1.75. The Morgan fingerprint density at radius 2 is 2.00 bits per heavy atom. The molecular weight excluding hydrogens is 306 g/mol. The summed E-state index contributed by atoms with van der Waals surface area (Å²) in [6.07, 6.45) is 0.898. The third-order valence-electron chi connectivity index (χ3n) is 4.50. The second-order valence-electron chi connectivity index (χ2n) is 5.93. The van der Waals surface area contributed by atoms with E-state index in [-0.39, 0.29) is 18.8 Å². The quantitative estimate of drug-likeness (QED) is 0.781. The van der Waals surface area contributed by atoms with Gasteiger partial charge < -0.3 is 14.7 Å². The predicted octanol–water partition coefficient (Wildman–Crippen LogP) is 1.38. The molecular formula is C17H19N5O2. The van der Waals surface area contributed by atoms with E-state index in [1.165, 1.54) is 0 Å². The largest absolute Gasteiger partial charge is 0.394 e. The van der Waals surface area contributed by atoms with Gasteiger partial charge in [-0.25, -0.2) is 0 Å². The number of hydrogen-bond donors (Lipinski definition) is 1. The Bertz CT molecular complexity index is 835. The highest BCUT2D eigenvalue weighted by Gasteiger charge is 2.32. The van der Waals surface area contributed by atoms with E-state index in [1.54, 1.807) is 11.6 Å². The van der Waals surface area contributed by atoms with Crippen LogP contribution in [0.2, 0.25) is 0 Å². The molecule has 7 heteroatoms. The van der Waals surface area contributed by atoms with Crippen molar-refractivity contribution in [3.05, 3.63) is 42.5 Å². The predicted molar refractivity (Wildman–Crippen MR) is 89.9 cm³/mol. The van der Waals surface area contributed by atoms with E-state index >= 15 is 0 Å². The molecule has 1 aromatic carbocycles. The van der Waals surface area contributed by atoms with Gasteiger partial charge in [0.05, 0.1) is 18.8 Å². The van der Waals surface area contributed by atoms with Crippen LogP contribution in [-0.2, 0) is 4.74 Å². The molecule has 0 aliphatic carbocycles. The normalized spacial score (nSPS) is 20.8. The zero-order valence-corrected chi connectivity index (χ0v) is 13.4. The number of aliphatic hydroxyl groups is 1. The Kier molecular flexibility index (Phi) is 3.87. The Labute approximate surface area is 139 Å². The minimum Gasteiger partial charge on any atom is -0.394 e. The zero-order valence-electron chi connectivity index (χ0n) is 13.4. The van der Waals surface area contributed by atoms with Gasteiger partial charge in [0.2, 0.25) is 0 Å². The number of anilines is 1. The van der Waals surface area contributed by atoms with Gasteiger partial charge in [0.25, 0.3) is 0 Å². The van der Waals surface area contributed by atoms with Gasteiger partial charge >= 0.3 is 0 Å². The average Bonchev–Trinajstić information content (AvgIpc) is 3.25. The number of hydrogen-bond acceptors (Lipinski definition) is 6. The van der Waals surface area contributed by atoms with Gasteiger partial charge in [0.15, 0.2) is 11.5 Å². The molecule has 1 aliphatic heterocycles. The summed E-state index contributed by atoms with van der Waals surface area (Å²) in [5.41, 5.74) is 1.66. The maximum absolute atomic E-state index is 9.66. The topological polar surface area (TPSA) is 75.8 Å². The van der Waals surface area contributed by atoms with E-state index in [4.69, 9.17) is 9.84 Å². The average molecular weight is 325 g/mol. The van der Waals surface area contributed by atoms with Crippen LogP contribution in [0.25, 0.3) is 17.0 Å². The molecule has 2 atom stereocenters. The molecule has 24 heavy (non-hydrogen) atoms. The van der Waals surface area contributed by atoms with Crippen LogP contribution in [0.15, 0.2) is 42.5 Å². The Morgan fingerprint density at radius 1 is 1.17 bits per heavy atom. The molecule has 1 fully saturated rings. The van der Waals surface area contributed by atoms with Gasteiger partial charge in [-0.15, -0.1) is 15.3 Å². The summed E-state index contributed by atoms with van der Waals surface area (Å²) < 4.78 is 7.20.